The van der Waals surface area contributed by atoms with Gasteiger partial charge >= 0.3 is 35.8 Å². The number of hydrogen-bond donors (Lipinski definition) is 5. The second-order valence-electron chi connectivity index (χ2n) is 6.32. The lowest BCUT2D eigenvalue weighted by Crippen LogP contribution is -2.38. The highest BCUT2D eigenvalue weighted by Crippen LogP contribution is 2.03. The molecule has 0 aliphatic carbocycles. The highest BCUT2D eigenvalue weighted by atomic mass is 16.6. The zero-order chi connectivity index (χ0) is 24.7. The van der Waals surface area contributed by atoms with Crippen LogP contribution < -0.4 is 28.7 Å². The summed E-state index contributed by atoms with van der Waals surface area (Å²) in [4.78, 5) is 68.1. The Morgan fingerprint density at radius 1 is 0.562 bits per heavy atom. The van der Waals surface area contributed by atoms with E-state index in [-0.39, 0.29) is 38.9 Å². The number of carbonyl (C=O) groups is 6. The van der Waals surface area contributed by atoms with E-state index in [2.05, 4.69) is 9.47 Å². The molecular weight excluding hydrogens is 434 g/mol. The minimum atomic E-state index is -1.21. The Morgan fingerprint density at radius 2 is 0.969 bits per heavy atom. The van der Waals surface area contributed by atoms with Crippen molar-refractivity contribution >= 4 is 35.8 Å². The van der Waals surface area contributed by atoms with E-state index in [0.717, 1.165) is 0 Å². The first-order chi connectivity index (χ1) is 15.0. The van der Waals surface area contributed by atoms with Gasteiger partial charge in [0.1, 0.15) is 18.1 Å². The monoisotopic (exact) mass is 463 g/mol. The molecule has 0 aromatic rings. The predicted molar refractivity (Wildman–Crippen MR) is 105 cm³/mol. The van der Waals surface area contributed by atoms with E-state index in [1.807, 2.05) is 0 Å². The summed E-state index contributed by atoms with van der Waals surface area (Å²) in [6, 6.07) is -3.54. The molecule has 0 unspecified atom stereocenters. The Kier molecular flexibility index (Phi) is 14.3. The van der Waals surface area contributed by atoms with E-state index in [1.54, 1.807) is 0 Å². The van der Waals surface area contributed by atoms with Crippen LogP contribution in [-0.4, -0.2) is 80.2 Å². The Morgan fingerprint density at radius 3 is 1.41 bits per heavy atom. The number of rotatable bonds is 14. The molecule has 0 aromatic carbocycles. The lowest BCUT2D eigenvalue weighted by Gasteiger charge is -2.13. The van der Waals surface area contributed by atoms with Crippen molar-refractivity contribution in [3.05, 3.63) is 0 Å². The summed E-state index contributed by atoms with van der Waals surface area (Å²) in [5.41, 5.74) is 26.6. The maximum atomic E-state index is 11.8. The van der Waals surface area contributed by atoms with Crippen LogP contribution in [-0.2, 0) is 47.7 Å². The number of ether oxygens (including phenoxy) is 4. The van der Waals surface area contributed by atoms with E-state index in [4.69, 9.17) is 38.1 Å². The normalized spacial score (nSPS) is 13.3. The fourth-order valence-electron chi connectivity index (χ4n) is 1.85. The van der Waals surface area contributed by atoms with Crippen molar-refractivity contribution in [2.75, 3.05) is 26.3 Å². The maximum absolute atomic E-state index is 11.8. The van der Waals surface area contributed by atoms with E-state index in [0.29, 0.717) is 0 Å². The summed E-state index contributed by atoms with van der Waals surface area (Å²) < 4.78 is 18.3. The molecular formula is C17H29N5O10. The standard InChI is InChI=1S/C17H29N5O10/c18-7-13(24)31-16(27)10(21)3-5-29-12(23)2-1-9(20)15(26)30-6-4-11(22)17(28)32-14(25)8-19/h9-11H,1-8,18-22H2/t9-,10-,11-/m0/s1. The number of esters is 6. The van der Waals surface area contributed by atoms with Crippen LogP contribution in [0.4, 0.5) is 0 Å². The quantitative estimate of drug-likeness (QED) is 0.0925. The molecule has 0 heterocycles. The van der Waals surface area contributed by atoms with Crippen molar-refractivity contribution in [2.45, 2.75) is 43.8 Å². The highest BCUT2D eigenvalue weighted by molar-refractivity contribution is 5.89. The van der Waals surface area contributed by atoms with Gasteiger partial charge in [0.2, 0.25) is 0 Å². The molecule has 0 rings (SSSR count). The van der Waals surface area contributed by atoms with Crippen LogP contribution >= 0.6 is 0 Å². The molecule has 0 aliphatic rings. The lowest BCUT2D eigenvalue weighted by molar-refractivity contribution is -0.161. The van der Waals surface area contributed by atoms with Gasteiger partial charge in [-0.1, -0.05) is 0 Å². The first-order valence-corrected chi connectivity index (χ1v) is 9.49. The van der Waals surface area contributed by atoms with Crippen molar-refractivity contribution in [1.82, 2.24) is 0 Å². The molecule has 32 heavy (non-hydrogen) atoms. The van der Waals surface area contributed by atoms with Crippen molar-refractivity contribution in [3.63, 3.8) is 0 Å². The first-order valence-electron chi connectivity index (χ1n) is 9.49. The number of carbonyl (C=O) groups excluding carboxylic acids is 6. The van der Waals surface area contributed by atoms with Gasteiger partial charge in [-0.25, -0.2) is 9.59 Å². The molecule has 0 radical (unpaired) electrons. The zero-order valence-corrected chi connectivity index (χ0v) is 17.4. The third-order valence-electron chi connectivity index (χ3n) is 3.69. The van der Waals surface area contributed by atoms with Crippen molar-refractivity contribution in [3.8, 4) is 0 Å². The zero-order valence-electron chi connectivity index (χ0n) is 17.4. The molecule has 0 fully saturated rings. The van der Waals surface area contributed by atoms with E-state index in [1.165, 1.54) is 0 Å². The lowest BCUT2D eigenvalue weighted by atomic mass is 10.1. The third-order valence-corrected chi connectivity index (χ3v) is 3.69. The molecule has 0 amide bonds. The van der Waals surface area contributed by atoms with Crippen molar-refractivity contribution < 1.29 is 47.7 Å². The second kappa shape index (κ2) is 15.8. The molecule has 0 aliphatic heterocycles. The summed E-state index contributed by atoms with van der Waals surface area (Å²) >= 11 is 0. The fourth-order valence-corrected chi connectivity index (χ4v) is 1.85. The topological polar surface area (TPSA) is 269 Å². The summed E-state index contributed by atoms with van der Waals surface area (Å²) in [5.74, 6) is -5.44. The van der Waals surface area contributed by atoms with Gasteiger partial charge < -0.3 is 47.6 Å². The molecule has 182 valence electrons. The van der Waals surface area contributed by atoms with Crippen LogP contribution in [0.25, 0.3) is 0 Å². The molecule has 10 N–H and O–H groups in total. The van der Waals surface area contributed by atoms with Gasteiger partial charge in [-0.15, -0.1) is 0 Å². The van der Waals surface area contributed by atoms with Crippen LogP contribution in [0.3, 0.4) is 0 Å². The van der Waals surface area contributed by atoms with E-state index >= 15 is 0 Å². The van der Waals surface area contributed by atoms with Gasteiger partial charge in [-0.05, 0) is 6.42 Å². The summed E-state index contributed by atoms with van der Waals surface area (Å²) in [6.45, 7) is -1.47. The van der Waals surface area contributed by atoms with Crippen LogP contribution in [0.2, 0.25) is 0 Å². The van der Waals surface area contributed by atoms with Gasteiger partial charge in [-0.3, -0.25) is 19.2 Å². The van der Waals surface area contributed by atoms with Gasteiger partial charge in [0.05, 0.1) is 26.3 Å². The van der Waals surface area contributed by atoms with Crippen LogP contribution in [0, 0.1) is 0 Å². The summed E-state index contributed by atoms with van der Waals surface area (Å²) in [5, 5.41) is 0. The SMILES string of the molecule is NCC(=O)OC(=O)[C@@H](N)CCOC(=O)CC[C@H](N)C(=O)OCC[C@H](N)C(=O)OC(=O)CN. The van der Waals surface area contributed by atoms with E-state index in [9.17, 15) is 28.8 Å². The molecule has 15 heteroatoms. The molecule has 0 bridgehead atoms. The Balaban J connectivity index is 4.07. The average Bonchev–Trinajstić information content (AvgIpc) is 2.76. The Bertz CT molecular complexity index is 687. The molecule has 3 atom stereocenters. The molecule has 0 aromatic heterocycles. The molecule has 0 spiro atoms. The van der Waals surface area contributed by atoms with Crippen molar-refractivity contribution in [2.24, 2.45) is 28.7 Å². The highest BCUT2D eigenvalue weighted by Gasteiger charge is 2.22. The minimum absolute atomic E-state index is 0.101. The van der Waals surface area contributed by atoms with E-state index < -0.39 is 67.0 Å². The number of nitrogens with two attached hydrogens (primary N) is 5. The number of hydrogen-bond acceptors (Lipinski definition) is 15. The van der Waals surface area contributed by atoms with Crippen LogP contribution in [0.5, 0.6) is 0 Å². The fraction of sp³-hybridized carbons (Fsp3) is 0.647. The average molecular weight is 463 g/mol. The molecule has 0 saturated carbocycles. The maximum Gasteiger partial charge on any atom is 0.330 e. The predicted octanol–water partition coefficient (Wildman–Crippen LogP) is -4.33. The van der Waals surface area contributed by atoms with Gasteiger partial charge in [-0.2, -0.15) is 0 Å². The molecule has 15 nitrogen and oxygen atoms in total. The minimum Gasteiger partial charge on any atom is -0.466 e. The second-order valence-corrected chi connectivity index (χ2v) is 6.32. The largest absolute Gasteiger partial charge is 0.466 e. The van der Waals surface area contributed by atoms with Gasteiger partial charge in [0.15, 0.2) is 0 Å². The van der Waals surface area contributed by atoms with Crippen molar-refractivity contribution in [1.29, 1.82) is 0 Å². The van der Waals surface area contributed by atoms with Crippen LogP contribution in [0.15, 0.2) is 0 Å². The summed E-state index contributed by atoms with van der Waals surface area (Å²) in [6.07, 6.45) is -0.558. The smallest absolute Gasteiger partial charge is 0.330 e. The Labute approximate surface area is 183 Å². The Hall–Kier alpha value is -2.98. The third kappa shape index (κ3) is 12.7. The van der Waals surface area contributed by atoms with Gasteiger partial charge in [0, 0.05) is 19.3 Å². The molecule has 0 saturated heterocycles. The first kappa shape index (κ1) is 29.0. The summed E-state index contributed by atoms with van der Waals surface area (Å²) in [7, 11) is 0. The van der Waals surface area contributed by atoms with Crippen LogP contribution in [0.1, 0.15) is 25.7 Å². The van der Waals surface area contributed by atoms with Gasteiger partial charge in [0.25, 0.3) is 0 Å².